The van der Waals surface area contributed by atoms with Crippen molar-refractivity contribution in [2.75, 3.05) is 13.2 Å². The Morgan fingerprint density at radius 2 is 0.509 bits per heavy atom. The number of hydrogen-bond donors (Lipinski definition) is 0. The largest absolute Gasteiger partial charge is 0.462 e. The molecule has 0 rings (SSSR count). The average Bonchev–Trinajstić information content (AvgIpc) is 3.16. The highest BCUT2D eigenvalue weighted by atomic mass is 16.6. The SMILES string of the molecule is CC(C)CCCCCCCCCCCCCCCCC(=O)OC[C@H](COC(=O)CCCCCCCCCCCC(C)C)OC(=O)CCCCCCCCCC(C)C. The van der Waals surface area contributed by atoms with E-state index >= 15 is 0 Å². The summed E-state index contributed by atoms with van der Waals surface area (Å²) in [6.45, 7) is 13.7. The summed E-state index contributed by atoms with van der Waals surface area (Å²) in [5.41, 5.74) is 0. The number of ether oxygens (including phenoxy) is 3. The molecule has 1 atom stereocenters. The Kier molecular flexibility index (Phi) is 41.3. The van der Waals surface area contributed by atoms with Gasteiger partial charge in [0.1, 0.15) is 13.2 Å². The standard InChI is InChI=1S/C51H98O6/c1-45(2)37-31-25-19-14-11-9-7-8-10-12-16-22-28-34-40-49(52)55-43-48(57-51(54)42-36-30-24-18-21-27-33-39-47(5)6)44-56-50(53)41-35-29-23-17-13-15-20-26-32-38-46(3)4/h45-48H,7-44H2,1-6H3/t48-/m1/s1. The Hall–Kier alpha value is -1.59. The van der Waals surface area contributed by atoms with E-state index in [0.717, 1.165) is 75.5 Å². The second-order valence-corrected chi connectivity index (χ2v) is 18.9. The van der Waals surface area contributed by atoms with Crippen LogP contribution in [0, 0.1) is 17.8 Å². The lowest BCUT2D eigenvalue weighted by Crippen LogP contribution is -2.30. The van der Waals surface area contributed by atoms with Crippen LogP contribution in [-0.2, 0) is 28.6 Å². The van der Waals surface area contributed by atoms with Gasteiger partial charge in [0.25, 0.3) is 0 Å². The third-order valence-corrected chi connectivity index (χ3v) is 11.4. The maximum absolute atomic E-state index is 12.7. The molecule has 0 aromatic rings. The van der Waals surface area contributed by atoms with Crippen LogP contribution >= 0.6 is 0 Å². The number of esters is 3. The first-order valence-electron chi connectivity index (χ1n) is 25.1. The molecule has 338 valence electrons. The molecule has 0 radical (unpaired) electrons. The van der Waals surface area contributed by atoms with Gasteiger partial charge in [-0.15, -0.1) is 0 Å². The Morgan fingerprint density at radius 3 is 0.754 bits per heavy atom. The molecule has 0 heterocycles. The molecule has 0 saturated heterocycles. The van der Waals surface area contributed by atoms with Crippen molar-refractivity contribution in [3.8, 4) is 0 Å². The van der Waals surface area contributed by atoms with Crippen LogP contribution in [0.5, 0.6) is 0 Å². The van der Waals surface area contributed by atoms with Crippen LogP contribution in [0.1, 0.15) is 273 Å². The highest BCUT2D eigenvalue weighted by Gasteiger charge is 2.19. The Balaban J connectivity index is 4.27. The fourth-order valence-corrected chi connectivity index (χ4v) is 7.59. The van der Waals surface area contributed by atoms with Crippen molar-refractivity contribution >= 4 is 17.9 Å². The third kappa shape index (κ3) is 45.3. The van der Waals surface area contributed by atoms with Crippen molar-refractivity contribution in [3.63, 3.8) is 0 Å². The van der Waals surface area contributed by atoms with Crippen molar-refractivity contribution in [1.29, 1.82) is 0 Å². The number of rotatable bonds is 44. The predicted molar refractivity (Wildman–Crippen MR) is 243 cm³/mol. The van der Waals surface area contributed by atoms with Crippen LogP contribution in [0.15, 0.2) is 0 Å². The van der Waals surface area contributed by atoms with Gasteiger partial charge in [-0.05, 0) is 37.0 Å². The van der Waals surface area contributed by atoms with Gasteiger partial charge in [0.05, 0.1) is 0 Å². The number of unbranched alkanes of at least 4 members (excludes halogenated alkanes) is 27. The van der Waals surface area contributed by atoms with Crippen molar-refractivity contribution in [2.24, 2.45) is 17.8 Å². The van der Waals surface area contributed by atoms with E-state index in [1.54, 1.807) is 0 Å². The zero-order chi connectivity index (χ0) is 42.0. The summed E-state index contributed by atoms with van der Waals surface area (Å²) >= 11 is 0. The van der Waals surface area contributed by atoms with E-state index in [1.165, 1.54) is 154 Å². The lowest BCUT2D eigenvalue weighted by Gasteiger charge is -2.18. The Morgan fingerprint density at radius 1 is 0.298 bits per heavy atom. The maximum atomic E-state index is 12.7. The van der Waals surface area contributed by atoms with Crippen LogP contribution in [0.2, 0.25) is 0 Å². The van der Waals surface area contributed by atoms with Crippen LogP contribution in [-0.4, -0.2) is 37.2 Å². The predicted octanol–water partition coefficient (Wildman–Crippen LogP) is 16.0. The van der Waals surface area contributed by atoms with Gasteiger partial charge >= 0.3 is 17.9 Å². The fourth-order valence-electron chi connectivity index (χ4n) is 7.59. The smallest absolute Gasteiger partial charge is 0.306 e. The number of carbonyl (C=O) groups is 3. The van der Waals surface area contributed by atoms with E-state index in [9.17, 15) is 14.4 Å². The molecule has 0 amide bonds. The normalized spacial score (nSPS) is 12.2. The quantitative estimate of drug-likeness (QED) is 0.0347. The highest BCUT2D eigenvalue weighted by Crippen LogP contribution is 2.17. The molecule has 0 bridgehead atoms. The van der Waals surface area contributed by atoms with Gasteiger partial charge in [-0.3, -0.25) is 14.4 Å². The lowest BCUT2D eigenvalue weighted by atomic mass is 10.0. The lowest BCUT2D eigenvalue weighted by molar-refractivity contribution is -0.167. The first kappa shape index (κ1) is 55.4. The first-order valence-corrected chi connectivity index (χ1v) is 25.1. The monoisotopic (exact) mass is 807 g/mol. The van der Waals surface area contributed by atoms with Gasteiger partial charge in [0.15, 0.2) is 6.10 Å². The van der Waals surface area contributed by atoms with E-state index in [4.69, 9.17) is 14.2 Å². The molecule has 0 fully saturated rings. The summed E-state index contributed by atoms with van der Waals surface area (Å²) in [7, 11) is 0. The second-order valence-electron chi connectivity index (χ2n) is 18.9. The van der Waals surface area contributed by atoms with E-state index < -0.39 is 6.10 Å². The zero-order valence-corrected chi connectivity index (χ0v) is 39.1. The Bertz CT molecular complexity index is 883. The molecule has 0 N–H and O–H groups in total. The van der Waals surface area contributed by atoms with Gasteiger partial charge in [-0.25, -0.2) is 0 Å². The zero-order valence-electron chi connectivity index (χ0n) is 39.1. The van der Waals surface area contributed by atoms with Gasteiger partial charge < -0.3 is 14.2 Å². The molecule has 0 aliphatic heterocycles. The van der Waals surface area contributed by atoms with E-state index in [-0.39, 0.29) is 31.1 Å². The third-order valence-electron chi connectivity index (χ3n) is 11.4. The minimum atomic E-state index is -0.762. The van der Waals surface area contributed by atoms with Gasteiger partial charge in [-0.2, -0.15) is 0 Å². The Labute approximate surface area is 355 Å². The summed E-state index contributed by atoms with van der Waals surface area (Å²) in [6.07, 6.45) is 41.0. The van der Waals surface area contributed by atoms with Gasteiger partial charge in [-0.1, -0.05) is 234 Å². The summed E-state index contributed by atoms with van der Waals surface area (Å²) in [6, 6.07) is 0. The second kappa shape index (κ2) is 42.5. The summed E-state index contributed by atoms with van der Waals surface area (Å²) in [5, 5.41) is 0. The molecule has 0 aliphatic carbocycles. The van der Waals surface area contributed by atoms with E-state index in [0.29, 0.717) is 19.3 Å². The summed E-state index contributed by atoms with van der Waals surface area (Å²) < 4.78 is 16.8. The first-order chi connectivity index (χ1) is 27.6. The maximum Gasteiger partial charge on any atom is 0.306 e. The van der Waals surface area contributed by atoms with E-state index in [2.05, 4.69) is 41.5 Å². The van der Waals surface area contributed by atoms with Crippen LogP contribution < -0.4 is 0 Å². The van der Waals surface area contributed by atoms with Crippen LogP contribution in [0.4, 0.5) is 0 Å². The molecular weight excluding hydrogens is 709 g/mol. The van der Waals surface area contributed by atoms with Crippen molar-refractivity contribution in [2.45, 2.75) is 279 Å². The molecular formula is C51H98O6. The minimum absolute atomic E-state index is 0.0656. The van der Waals surface area contributed by atoms with E-state index in [1.807, 2.05) is 0 Å². The molecule has 0 aromatic carbocycles. The molecule has 6 nitrogen and oxygen atoms in total. The van der Waals surface area contributed by atoms with Gasteiger partial charge in [0, 0.05) is 19.3 Å². The molecule has 0 aliphatic rings. The summed E-state index contributed by atoms with van der Waals surface area (Å²) in [5.74, 6) is 1.57. The average molecular weight is 807 g/mol. The van der Waals surface area contributed by atoms with Crippen LogP contribution in [0.25, 0.3) is 0 Å². The van der Waals surface area contributed by atoms with Crippen molar-refractivity contribution in [1.82, 2.24) is 0 Å². The molecule has 0 spiro atoms. The van der Waals surface area contributed by atoms with Crippen LogP contribution in [0.3, 0.4) is 0 Å². The molecule has 57 heavy (non-hydrogen) atoms. The van der Waals surface area contributed by atoms with Crippen molar-refractivity contribution in [3.05, 3.63) is 0 Å². The topological polar surface area (TPSA) is 78.9 Å². The fraction of sp³-hybridized carbons (Fsp3) is 0.941. The number of carbonyl (C=O) groups excluding carboxylic acids is 3. The molecule has 0 unspecified atom stereocenters. The molecule has 0 aromatic heterocycles. The molecule has 0 saturated carbocycles. The summed E-state index contributed by atoms with van der Waals surface area (Å²) in [4.78, 5) is 37.8. The highest BCUT2D eigenvalue weighted by molar-refractivity contribution is 5.71. The minimum Gasteiger partial charge on any atom is -0.462 e. The number of hydrogen-bond acceptors (Lipinski definition) is 6. The molecule has 6 heteroatoms. The van der Waals surface area contributed by atoms with Crippen molar-refractivity contribution < 1.29 is 28.6 Å². The van der Waals surface area contributed by atoms with Gasteiger partial charge in [0.2, 0.25) is 0 Å².